The first-order valence-corrected chi connectivity index (χ1v) is 11.2. The number of hydrogen-bond donors (Lipinski definition) is 1. The van der Waals surface area contributed by atoms with Crippen molar-refractivity contribution in [3.8, 4) is 33.5 Å². The topological polar surface area (TPSA) is 42.0 Å². The molecule has 0 aliphatic carbocycles. The van der Waals surface area contributed by atoms with Crippen LogP contribution < -0.4 is 5.32 Å². The van der Waals surface area contributed by atoms with Crippen LogP contribution in [0.4, 0.5) is 5.13 Å². The molecular formula is C28H20N2OS. The molecule has 0 saturated carbocycles. The maximum Gasteiger partial charge on any atom is 0.257 e. The number of carbonyl (C=O) groups excluding carboxylic acids is 1. The predicted molar refractivity (Wildman–Crippen MR) is 133 cm³/mol. The van der Waals surface area contributed by atoms with Crippen molar-refractivity contribution in [1.29, 1.82) is 0 Å². The third kappa shape index (κ3) is 4.36. The molecule has 0 aliphatic heterocycles. The molecule has 0 bridgehead atoms. The lowest BCUT2D eigenvalue weighted by Gasteiger charge is -2.05. The van der Waals surface area contributed by atoms with Gasteiger partial charge in [0.25, 0.3) is 5.91 Å². The number of thiazole rings is 1. The maximum atomic E-state index is 12.7. The highest BCUT2D eigenvalue weighted by molar-refractivity contribution is 7.14. The van der Waals surface area contributed by atoms with E-state index in [0.29, 0.717) is 10.7 Å². The summed E-state index contributed by atoms with van der Waals surface area (Å²) in [7, 11) is 0. The average molecular weight is 433 g/mol. The number of amides is 1. The van der Waals surface area contributed by atoms with Crippen LogP contribution in [-0.2, 0) is 0 Å². The fourth-order valence-corrected chi connectivity index (χ4v) is 4.26. The summed E-state index contributed by atoms with van der Waals surface area (Å²) in [6.07, 6.45) is 0. The van der Waals surface area contributed by atoms with Crippen LogP contribution in [-0.4, -0.2) is 10.9 Å². The number of aromatic nitrogens is 1. The fourth-order valence-electron chi connectivity index (χ4n) is 3.54. The molecule has 1 amide bonds. The van der Waals surface area contributed by atoms with Gasteiger partial charge in [0.2, 0.25) is 0 Å². The summed E-state index contributed by atoms with van der Waals surface area (Å²) in [6.45, 7) is 0. The summed E-state index contributed by atoms with van der Waals surface area (Å²) in [5.41, 5.74) is 7.03. The largest absolute Gasteiger partial charge is 0.298 e. The zero-order valence-electron chi connectivity index (χ0n) is 17.2. The highest BCUT2D eigenvalue weighted by atomic mass is 32.1. The highest BCUT2D eigenvalue weighted by Gasteiger charge is 2.11. The molecule has 3 nitrogen and oxygen atoms in total. The molecular weight excluding hydrogens is 412 g/mol. The van der Waals surface area contributed by atoms with E-state index < -0.39 is 0 Å². The number of hydrogen-bond acceptors (Lipinski definition) is 3. The normalized spacial score (nSPS) is 10.6. The first-order chi connectivity index (χ1) is 15.8. The summed E-state index contributed by atoms with van der Waals surface area (Å²) >= 11 is 1.42. The van der Waals surface area contributed by atoms with Gasteiger partial charge in [-0.1, -0.05) is 97.1 Å². The second-order valence-electron chi connectivity index (χ2n) is 7.38. The van der Waals surface area contributed by atoms with Gasteiger partial charge in [0, 0.05) is 16.5 Å². The number of nitrogens with zero attached hydrogens (tertiary/aromatic N) is 1. The highest BCUT2D eigenvalue weighted by Crippen LogP contribution is 2.28. The summed E-state index contributed by atoms with van der Waals surface area (Å²) in [5, 5.41) is 5.46. The van der Waals surface area contributed by atoms with Crippen molar-refractivity contribution in [3.63, 3.8) is 0 Å². The Hall–Kier alpha value is -4.02. The number of anilines is 1. The lowest BCUT2D eigenvalue weighted by molar-refractivity contribution is 0.102. The number of nitrogens with one attached hydrogen (secondary N) is 1. The molecule has 0 unspecified atom stereocenters. The Morgan fingerprint density at radius 3 is 1.62 bits per heavy atom. The lowest BCUT2D eigenvalue weighted by atomic mass is 10.0. The van der Waals surface area contributed by atoms with Gasteiger partial charge in [-0.15, -0.1) is 11.3 Å². The minimum absolute atomic E-state index is 0.162. The number of benzene rings is 4. The van der Waals surface area contributed by atoms with Crippen molar-refractivity contribution in [2.45, 2.75) is 0 Å². The van der Waals surface area contributed by atoms with E-state index in [1.807, 2.05) is 66.0 Å². The Morgan fingerprint density at radius 2 is 1.06 bits per heavy atom. The third-order valence-corrected chi connectivity index (χ3v) is 6.02. The van der Waals surface area contributed by atoms with Crippen molar-refractivity contribution in [2.75, 3.05) is 5.32 Å². The zero-order valence-corrected chi connectivity index (χ0v) is 18.0. The van der Waals surface area contributed by atoms with Gasteiger partial charge in [0.15, 0.2) is 5.13 Å². The molecule has 1 heterocycles. The molecule has 0 saturated heterocycles. The third-order valence-electron chi connectivity index (χ3n) is 5.27. The van der Waals surface area contributed by atoms with Crippen LogP contribution in [0.25, 0.3) is 33.5 Å². The molecule has 4 aromatic carbocycles. The quantitative estimate of drug-likeness (QED) is 0.314. The van der Waals surface area contributed by atoms with E-state index in [0.717, 1.165) is 27.9 Å². The van der Waals surface area contributed by atoms with Gasteiger partial charge < -0.3 is 0 Å². The molecule has 0 atom stereocenters. The zero-order chi connectivity index (χ0) is 21.8. The second kappa shape index (κ2) is 9.00. The van der Waals surface area contributed by atoms with Crippen molar-refractivity contribution in [3.05, 3.63) is 120 Å². The van der Waals surface area contributed by atoms with Crippen LogP contribution in [0.5, 0.6) is 0 Å². The minimum atomic E-state index is -0.162. The molecule has 0 fully saturated rings. The van der Waals surface area contributed by atoms with Crippen LogP contribution in [0.3, 0.4) is 0 Å². The molecule has 4 heteroatoms. The first-order valence-electron chi connectivity index (χ1n) is 10.3. The first kappa shape index (κ1) is 19.9. The lowest BCUT2D eigenvalue weighted by Crippen LogP contribution is -2.11. The van der Waals surface area contributed by atoms with Crippen LogP contribution in [0.1, 0.15) is 10.4 Å². The number of rotatable bonds is 5. The predicted octanol–water partition coefficient (Wildman–Crippen LogP) is 7.40. The summed E-state index contributed by atoms with van der Waals surface area (Å²) < 4.78 is 0. The van der Waals surface area contributed by atoms with Crippen molar-refractivity contribution >= 4 is 22.4 Å². The average Bonchev–Trinajstić information content (AvgIpc) is 3.34. The summed E-state index contributed by atoms with van der Waals surface area (Å²) in [4.78, 5) is 17.3. The van der Waals surface area contributed by atoms with Gasteiger partial charge in [-0.2, -0.15) is 0 Å². The van der Waals surface area contributed by atoms with E-state index in [-0.39, 0.29) is 5.91 Å². The van der Waals surface area contributed by atoms with Gasteiger partial charge >= 0.3 is 0 Å². The van der Waals surface area contributed by atoms with E-state index in [4.69, 9.17) is 0 Å². The Morgan fingerprint density at radius 1 is 0.594 bits per heavy atom. The van der Waals surface area contributed by atoms with Crippen LogP contribution >= 0.6 is 11.3 Å². The van der Waals surface area contributed by atoms with Gasteiger partial charge in [-0.05, 0) is 34.4 Å². The number of carbonyl (C=O) groups is 1. The molecule has 1 aromatic heterocycles. The molecule has 1 N–H and O–H groups in total. The van der Waals surface area contributed by atoms with E-state index in [2.05, 4.69) is 58.8 Å². The van der Waals surface area contributed by atoms with Gasteiger partial charge in [-0.3, -0.25) is 10.1 Å². The monoisotopic (exact) mass is 432 g/mol. The molecule has 5 rings (SSSR count). The smallest absolute Gasteiger partial charge is 0.257 e. The molecule has 5 aromatic rings. The summed E-state index contributed by atoms with van der Waals surface area (Å²) in [5.74, 6) is -0.162. The second-order valence-corrected chi connectivity index (χ2v) is 8.24. The van der Waals surface area contributed by atoms with E-state index in [1.54, 1.807) is 0 Å². The SMILES string of the molecule is O=C(Nc1nc(-c2ccc(-c3ccccc3)cc2)cs1)c1ccc(-c2ccccc2)cc1. The molecule has 154 valence electrons. The van der Waals surface area contributed by atoms with Gasteiger partial charge in [-0.25, -0.2) is 4.98 Å². The Bertz CT molecular complexity index is 1330. The van der Waals surface area contributed by atoms with Gasteiger partial charge in [0.05, 0.1) is 5.69 Å². The van der Waals surface area contributed by atoms with Crippen molar-refractivity contribution < 1.29 is 4.79 Å². The Kier molecular flexibility index (Phi) is 5.60. The van der Waals surface area contributed by atoms with Crippen LogP contribution in [0, 0.1) is 0 Å². The van der Waals surface area contributed by atoms with E-state index in [1.165, 1.54) is 16.9 Å². The van der Waals surface area contributed by atoms with Crippen molar-refractivity contribution in [1.82, 2.24) is 4.98 Å². The summed E-state index contributed by atoms with van der Waals surface area (Å²) in [6, 6.07) is 36.3. The maximum absolute atomic E-state index is 12.7. The molecule has 0 radical (unpaired) electrons. The van der Waals surface area contributed by atoms with Crippen molar-refractivity contribution in [2.24, 2.45) is 0 Å². The van der Waals surface area contributed by atoms with Gasteiger partial charge in [0.1, 0.15) is 0 Å². The molecule has 0 aliphatic rings. The van der Waals surface area contributed by atoms with E-state index in [9.17, 15) is 4.79 Å². The molecule has 32 heavy (non-hydrogen) atoms. The standard InChI is InChI=1S/C28H20N2OS/c31-27(25-17-13-23(14-18-25)21-9-5-2-6-10-21)30-28-29-26(19-32-28)24-15-11-22(12-16-24)20-7-3-1-4-8-20/h1-19H,(H,29,30,31). The van der Waals surface area contributed by atoms with E-state index >= 15 is 0 Å². The minimum Gasteiger partial charge on any atom is -0.298 e. The fraction of sp³-hybridized carbons (Fsp3) is 0. The molecule has 0 spiro atoms. The van der Waals surface area contributed by atoms with Crippen LogP contribution in [0.2, 0.25) is 0 Å². The Labute approximate surface area is 191 Å². The Balaban J connectivity index is 1.27. The van der Waals surface area contributed by atoms with Crippen LogP contribution in [0.15, 0.2) is 115 Å².